The number of aromatic nitrogens is 1. The minimum atomic E-state index is 0.690. The molecule has 3 rings (SSSR count). The van der Waals surface area contributed by atoms with Crippen molar-refractivity contribution < 1.29 is 4.74 Å². The van der Waals surface area contributed by atoms with Crippen LogP contribution in [0.3, 0.4) is 0 Å². The number of rotatable bonds is 3. The molecule has 0 saturated heterocycles. The fraction of sp³-hybridized carbons (Fsp3) is 0.125. The first-order valence-electron chi connectivity index (χ1n) is 6.28. The largest absolute Gasteiger partial charge is 0.494 e. The van der Waals surface area contributed by atoms with Gasteiger partial charge in [-0.05, 0) is 48.9 Å². The Balaban J connectivity index is 2.03. The molecule has 0 radical (unpaired) electrons. The van der Waals surface area contributed by atoms with Gasteiger partial charge in [0, 0.05) is 21.1 Å². The van der Waals surface area contributed by atoms with Crippen molar-refractivity contribution in [3.63, 3.8) is 0 Å². The average molecular weight is 316 g/mol. The van der Waals surface area contributed by atoms with Gasteiger partial charge in [0.05, 0.1) is 6.61 Å². The summed E-state index contributed by atoms with van der Waals surface area (Å²) in [4.78, 5) is 3.43. The zero-order valence-corrected chi connectivity index (χ0v) is 12.2. The highest BCUT2D eigenvalue weighted by atomic mass is 79.9. The normalized spacial score (nSPS) is 10.8. The molecule has 0 aliphatic carbocycles. The third-order valence-electron chi connectivity index (χ3n) is 3.06. The summed E-state index contributed by atoms with van der Waals surface area (Å²) in [6.07, 6.45) is 0. The van der Waals surface area contributed by atoms with E-state index >= 15 is 0 Å². The first kappa shape index (κ1) is 12.3. The van der Waals surface area contributed by atoms with E-state index < -0.39 is 0 Å². The summed E-state index contributed by atoms with van der Waals surface area (Å²) in [5.41, 5.74) is 3.43. The van der Waals surface area contributed by atoms with Crippen molar-refractivity contribution in [2.24, 2.45) is 0 Å². The first-order valence-corrected chi connectivity index (χ1v) is 7.07. The molecule has 0 unspecified atom stereocenters. The second kappa shape index (κ2) is 5.10. The number of halogens is 1. The Bertz CT molecular complexity index is 700. The SMILES string of the molecule is CCOc1ccc2[nH]c(-c3ccc(Br)cc3)cc2c1. The monoisotopic (exact) mass is 315 g/mol. The minimum absolute atomic E-state index is 0.690. The lowest BCUT2D eigenvalue weighted by atomic mass is 10.1. The Hall–Kier alpha value is -1.74. The Morgan fingerprint density at radius 1 is 1.05 bits per heavy atom. The van der Waals surface area contributed by atoms with E-state index in [1.807, 2.05) is 25.1 Å². The molecule has 2 nitrogen and oxygen atoms in total. The molecule has 0 spiro atoms. The van der Waals surface area contributed by atoms with E-state index in [2.05, 4.69) is 51.2 Å². The van der Waals surface area contributed by atoms with E-state index in [9.17, 15) is 0 Å². The van der Waals surface area contributed by atoms with Gasteiger partial charge in [-0.2, -0.15) is 0 Å². The molecule has 0 bridgehead atoms. The standard InChI is InChI=1S/C16H14BrNO/c1-2-19-14-7-8-15-12(9-14)10-16(18-15)11-3-5-13(17)6-4-11/h3-10,18H,2H2,1H3. The number of fused-ring (bicyclic) bond motifs is 1. The highest BCUT2D eigenvalue weighted by molar-refractivity contribution is 9.10. The fourth-order valence-electron chi connectivity index (χ4n) is 2.15. The zero-order valence-electron chi connectivity index (χ0n) is 10.6. The zero-order chi connectivity index (χ0) is 13.2. The highest BCUT2D eigenvalue weighted by Crippen LogP contribution is 2.27. The van der Waals surface area contributed by atoms with Gasteiger partial charge in [0.1, 0.15) is 5.75 Å². The summed E-state index contributed by atoms with van der Waals surface area (Å²) in [7, 11) is 0. The van der Waals surface area contributed by atoms with Gasteiger partial charge in [-0.15, -0.1) is 0 Å². The molecule has 1 heterocycles. The van der Waals surface area contributed by atoms with Gasteiger partial charge < -0.3 is 9.72 Å². The second-order valence-electron chi connectivity index (χ2n) is 4.37. The van der Waals surface area contributed by atoms with Crippen molar-refractivity contribution in [2.45, 2.75) is 6.92 Å². The minimum Gasteiger partial charge on any atom is -0.494 e. The molecule has 19 heavy (non-hydrogen) atoms. The molecule has 0 aliphatic heterocycles. The van der Waals surface area contributed by atoms with Gasteiger partial charge in [-0.25, -0.2) is 0 Å². The molecule has 0 amide bonds. The van der Waals surface area contributed by atoms with Crippen LogP contribution < -0.4 is 4.74 Å². The number of ether oxygens (including phenoxy) is 1. The summed E-state index contributed by atoms with van der Waals surface area (Å²) in [6.45, 7) is 2.68. The maximum atomic E-state index is 5.52. The molecular formula is C16H14BrNO. The Kier molecular flexibility index (Phi) is 3.30. The maximum Gasteiger partial charge on any atom is 0.120 e. The maximum absolute atomic E-state index is 5.52. The summed E-state index contributed by atoms with van der Waals surface area (Å²) in [5, 5.41) is 1.17. The van der Waals surface area contributed by atoms with Crippen molar-refractivity contribution in [1.29, 1.82) is 0 Å². The summed E-state index contributed by atoms with van der Waals surface area (Å²) >= 11 is 3.45. The molecule has 3 aromatic rings. The third-order valence-corrected chi connectivity index (χ3v) is 3.59. The van der Waals surface area contributed by atoms with E-state index in [-0.39, 0.29) is 0 Å². The number of aromatic amines is 1. The van der Waals surface area contributed by atoms with Crippen LogP contribution in [0.1, 0.15) is 6.92 Å². The van der Waals surface area contributed by atoms with E-state index in [1.54, 1.807) is 0 Å². The molecule has 0 aliphatic rings. The number of benzene rings is 2. The van der Waals surface area contributed by atoms with Crippen LogP contribution in [0.2, 0.25) is 0 Å². The van der Waals surface area contributed by atoms with Crippen LogP contribution in [0.4, 0.5) is 0 Å². The van der Waals surface area contributed by atoms with Crippen molar-refractivity contribution in [2.75, 3.05) is 6.61 Å². The molecule has 0 fully saturated rings. The van der Waals surface area contributed by atoms with Crippen molar-refractivity contribution >= 4 is 26.8 Å². The van der Waals surface area contributed by atoms with Crippen molar-refractivity contribution in [3.05, 3.63) is 53.0 Å². The average Bonchev–Trinajstić information content (AvgIpc) is 2.83. The Labute approximate surface area is 120 Å². The summed E-state index contributed by atoms with van der Waals surface area (Å²) in [6, 6.07) is 16.6. The van der Waals surface area contributed by atoms with Gasteiger partial charge in [0.25, 0.3) is 0 Å². The summed E-state index contributed by atoms with van der Waals surface area (Å²) in [5.74, 6) is 0.913. The van der Waals surface area contributed by atoms with Crippen LogP contribution in [0.25, 0.3) is 22.2 Å². The lowest BCUT2D eigenvalue weighted by molar-refractivity contribution is 0.341. The Morgan fingerprint density at radius 2 is 1.84 bits per heavy atom. The lowest BCUT2D eigenvalue weighted by Gasteiger charge is -2.01. The number of hydrogen-bond donors (Lipinski definition) is 1. The highest BCUT2D eigenvalue weighted by Gasteiger charge is 2.04. The second-order valence-corrected chi connectivity index (χ2v) is 5.29. The van der Waals surface area contributed by atoms with Crippen LogP contribution >= 0.6 is 15.9 Å². The molecular weight excluding hydrogens is 302 g/mol. The smallest absolute Gasteiger partial charge is 0.120 e. The van der Waals surface area contributed by atoms with Gasteiger partial charge in [0.2, 0.25) is 0 Å². The first-order chi connectivity index (χ1) is 9.26. The van der Waals surface area contributed by atoms with Gasteiger partial charge in [0.15, 0.2) is 0 Å². The van der Waals surface area contributed by atoms with Crippen molar-refractivity contribution in [3.8, 4) is 17.0 Å². The molecule has 1 N–H and O–H groups in total. The predicted octanol–water partition coefficient (Wildman–Crippen LogP) is 5.00. The number of H-pyrrole nitrogens is 1. The van der Waals surface area contributed by atoms with Crippen LogP contribution in [0.5, 0.6) is 5.75 Å². The molecule has 2 aromatic carbocycles. The van der Waals surface area contributed by atoms with Gasteiger partial charge >= 0.3 is 0 Å². The van der Waals surface area contributed by atoms with E-state index in [1.165, 1.54) is 10.9 Å². The molecule has 0 atom stereocenters. The molecule has 1 aromatic heterocycles. The Morgan fingerprint density at radius 3 is 2.58 bits per heavy atom. The lowest BCUT2D eigenvalue weighted by Crippen LogP contribution is -1.90. The van der Waals surface area contributed by atoms with Crippen LogP contribution in [0.15, 0.2) is 53.0 Å². The van der Waals surface area contributed by atoms with Crippen LogP contribution in [0, 0.1) is 0 Å². The van der Waals surface area contributed by atoms with E-state index in [0.29, 0.717) is 6.61 Å². The number of hydrogen-bond acceptors (Lipinski definition) is 1. The van der Waals surface area contributed by atoms with Crippen molar-refractivity contribution in [1.82, 2.24) is 4.98 Å². The predicted molar refractivity (Wildman–Crippen MR) is 82.6 cm³/mol. The third kappa shape index (κ3) is 2.51. The van der Waals surface area contributed by atoms with Gasteiger partial charge in [-0.3, -0.25) is 0 Å². The van der Waals surface area contributed by atoms with E-state index in [4.69, 9.17) is 4.74 Å². The van der Waals surface area contributed by atoms with Gasteiger partial charge in [-0.1, -0.05) is 28.1 Å². The molecule has 96 valence electrons. The topological polar surface area (TPSA) is 25.0 Å². The quantitative estimate of drug-likeness (QED) is 0.723. The summed E-state index contributed by atoms with van der Waals surface area (Å²) < 4.78 is 6.61. The van der Waals surface area contributed by atoms with Crippen LogP contribution in [-0.4, -0.2) is 11.6 Å². The molecule has 3 heteroatoms. The number of nitrogens with one attached hydrogen (secondary N) is 1. The fourth-order valence-corrected chi connectivity index (χ4v) is 2.42. The van der Waals surface area contributed by atoms with E-state index in [0.717, 1.165) is 21.4 Å². The molecule has 0 saturated carbocycles. The van der Waals surface area contributed by atoms with Crippen LogP contribution in [-0.2, 0) is 0 Å².